The summed E-state index contributed by atoms with van der Waals surface area (Å²) in [5.41, 5.74) is 2.90. The number of aromatic nitrogens is 1. The number of hydrogen-bond acceptors (Lipinski definition) is 4. The number of hydrogen-bond donors (Lipinski definition) is 3. The van der Waals surface area contributed by atoms with Crippen molar-refractivity contribution in [2.24, 2.45) is 0 Å². The quantitative estimate of drug-likeness (QED) is 0.668. The Morgan fingerprint density at radius 2 is 1.77 bits per heavy atom. The highest BCUT2D eigenvalue weighted by molar-refractivity contribution is 5.99. The second-order valence-electron chi connectivity index (χ2n) is 5.50. The number of methoxy groups -OCH3 is 1. The summed E-state index contributed by atoms with van der Waals surface area (Å²) in [7, 11) is 1.30. The number of fused-ring (bicyclic) bond motifs is 1. The SMILES string of the molecule is COC(=O)Nc1ccc(CNC(=O)Nc2cccc3cccnc23)cc1. The normalized spacial score (nSPS) is 10.2. The Balaban J connectivity index is 1.58. The fourth-order valence-corrected chi connectivity index (χ4v) is 2.43. The van der Waals surface area contributed by atoms with Gasteiger partial charge in [-0.2, -0.15) is 0 Å². The molecule has 0 atom stereocenters. The van der Waals surface area contributed by atoms with E-state index in [0.29, 0.717) is 17.9 Å². The fraction of sp³-hybridized carbons (Fsp3) is 0.105. The van der Waals surface area contributed by atoms with Crippen molar-refractivity contribution in [3.8, 4) is 0 Å². The smallest absolute Gasteiger partial charge is 0.411 e. The zero-order valence-corrected chi connectivity index (χ0v) is 14.2. The lowest BCUT2D eigenvalue weighted by Crippen LogP contribution is -2.28. The van der Waals surface area contributed by atoms with Crippen LogP contribution >= 0.6 is 0 Å². The molecule has 1 heterocycles. The average molecular weight is 350 g/mol. The van der Waals surface area contributed by atoms with Gasteiger partial charge in [-0.15, -0.1) is 0 Å². The van der Waals surface area contributed by atoms with Crippen LogP contribution in [0, 0.1) is 0 Å². The van der Waals surface area contributed by atoms with Gasteiger partial charge in [0, 0.05) is 23.8 Å². The predicted octanol–water partition coefficient (Wildman–Crippen LogP) is 3.73. The van der Waals surface area contributed by atoms with E-state index in [2.05, 4.69) is 25.7 Å². The van der Waals surface area contributed by atoms with Gasteiger partial charge in [0.05, 0.1) is 18.3 Å². The minimum absolute atomic E-state index is 0.320. The van der Waals surface area contributed by atoms with Gasteiger partial charge in [0.1, 0.15) is 0 Å². The Morgan fingerprint density at radius 3 is 2.54 bits per heavy atom. The van der Waals surface area contributed by atoms with Gasteiger partial charge in [0.15, 0.2) is 0 Å². The molecule has 7 nitrogen and oxygen atoms in total. The van der Waals surface area contributed by atoms with Gasteiger partial charge in [0.25, 0.3) is 0 Å². The van der Waals surface area contributed by atoms with Crippen LogP contribution in [-0.4, -0.2) is 24.2 Å². The summed E-state index contributed by atoms with van der Waals surface area (Å²) in [6.07, 6.45) is 1.16. The molecule has 26 heavy (non-hydrogen) atoms. The number of ether oxygens (including phenoxy) is 1. The van der Waals surface area contributed by atoms with Gasteiger partial charge in [-0.3, -0.25) is 10.3 Å². The number of carbonyl (C=O) groups excluding carboxylic acids is 2. The van der Waals surface area contributed by atoms with Crippen LogP contribution in [0.4, 0.5) is 21.0 Å². The van der Waals surface area contributed by atoms with E-state index in [1.165, 1.54) is 7.11 Å². The molecule has 3 aromatic rings. The monoisotopic (exact) mass is 350 g/mol. The van der Waals surface area contributed by atoms with Gasteiger partial charge in [-0.05, 0) is 29.8 Å². The topological polar surface area (TPSA) is 92.4 Å². The highest BCUT2D eigenvalue weighted by atomic mass is 16.5. The average Bonchev–Trinajstić information content (AvgIpc) is 2.67. The summed E-state index contributed by atoms with van der Waals surface area (Å²) >= 11 is 0. The number of para-hydroxylation sites is 1. The number of rotatable bonds is 4. The Labute approximate surface area is 150 Å². The van der Waals surface area contributed by atoms with Crippen LogP contribution in [0.25, 0.3) is 10.9 Å². The van der Waals surface area contributed by atoms with E-state index >= 15 is 0 Å². The first-order valence-corrected chi connectivity index (χ1v) is 7.98. The lowest BCUT2D eigenvalue weighted by molar-refractivity contribution is 0.187. The van der Waals surface area contributed by atoms with Gasteiger partial charge in [0.2, 0.25) is 0 Å². The third-order valence-corrected chi connectivity index (χ3v) is 3.72. The third-order valence-electron chi connectivity index (χ3n) is 3.72. The van der Waals surface area contributed by atoms with E-state index in [-0.39, 0.29) is 6.03 Å². The molecule has 0 aliphatic rings. The number of carbonyl (C=O) groups is 2. The van der Waals surface area contributed by atoms with E-state index in [0.717, 1.165) is 16.5 Å². The van der Waals surface area contributed by atoms with E-state index < -0.39 is 6.09 Å². The lowest BCUT2D eigenvalue weighted by Gasteiger charge is -2.10. The minimum Gasteiger partial charge on any atom is -0.453 e. The summed E-state index contributed by atoms with van der Waals surface area (Å²) in [6, 6.07) is 16.2. The van der Waals surface area contributed by atoms with Gasteiger partial charge in [-0.1, -0.05) is 30.3 Å². The Kier molecular flexibility index (Phi) is 5.28. The van der Waals surface area contributed by atoms with E-state index in [4.69, 9.17) is 0 Å². The first-order valence-electron chi connectivity index (χ1n) is 7.98. The first kappa shape index (κ1) is 17.2. The number of anilines is 2. The second kappa shape index (κ2) is 7.98. The van der Waals surface area contributed by atoms with Crippen molar-refractivity contribution in [1.82, 2.24) is 10.3 Å². The van der Waals surface area contributed by atoms with E-state index in [1.807, 2.05) is 42.5 Å². The molecule has 0 aliphatic carbocycles. The fourth-order valence-electron chi connectivity index (χ4n) is 2.43. The highest BCUT2D eigenvalue weighted by Crippen LogP contribution is 2.20. The number of amides is 3. The number of nitrogens with zero attached hydrogens (tertiary/aromatic N) is 1. The van der Waals surface area contributed by atoms with Crippen LogP contribution in [-0.2, 0) is 11.3 Å². The van der Waals surface area contributed by atoms with E-state index in [1.54, 1.807) is 18.3 Å². The Hall–Kier alpha value is -3.61. The van der Waals surface area contributed by atoms with Crippen LogP contribution in [0.1, 0.15) is 5.56 Å². The molecule has 3 rings (SSSR count). The number of nitrogens with one attached hydrogen (secondary N) is 3. The van der Waals surface area contributed by atoms with Crippen LogP contribution in [0.5, 0.6) is 0 Å². The van der Waals surface area contributed by atoms with Crippen molar-refractivity contribution in [3.63, 3.8) is 0 Å². The van der Waals surface area contributed by atoms with Crippen molar-refractivity contribution in [3.05, 3.63) is 66.4 Å². The summed E-state index contributed by atoms with van der Waals surface area (Å²) in [5, 5.41) is 9.13. The van der Waals surface area contributed by atoms with Crippen LogP contribution < -0.4 is 16.0 Å². The zero-order chi connectivity index (χ0) is 18.4. The summed E-state index contributed by atoms with van der Waals surface area (Å²) < 4.78 is 4.53. The maximum absolute atomic E-state index is 12.2. The molecule has 0 unspecified atom stereocenters. The molecule has 3 N–H and O–H groups in total. The van der Waals surface area contributed by atoms with Crippen molar-refractivity contribution in [2.45, 2.75) is 6.54 Å². The first-order chi connectivity index (χ1) is 12.7. The van der Waals surface area contributed by atoms with Crippen molar-refractivity contribution < 1.29 is 14.3 Å². The standard InChI is InChI=1S/C19H18N4O3/c1-26-19(25)22-15-9-7-13(8-10-15)12-21-18(24)23-16-6-2-4-14-5-3-11-20-17(14)16/h2-11H,12H2,1H3,(H,22,25)(H2,21,23,24). The number of urea groups is 1. The molecular weight excluding hydrogens is 332 g/mol. The van der Waals surface area contributed by atoms with Crippen molar-refractivity contribution in [2.75, 3.05) is 17.7 Å². The van der Waals surface area contributed by atoms with Crippen molar-refractivity contribution in [1.29, 1.82) is 0 Å². The van der Waals surface area contributed by atoms with Crippen LogP contribution in [0.15, 0.2) is 60.8 Å². The summed E-state index contributed by atoms with van der Waals surface area (Å²) in [6.45, 7) is 0.350. The van der Waals surface area contributed by atoms with Gasteiger partial charge in [-0.25, -0.2) is 9.59 Å². The number of benzene rings is 2. The lowest BCUT2D eigenvalue weighted by atomic mass is 10.2. The summed E-state index contributed by atoms with van der Waals surface area (Å²) in [5.74, 6) is 0. The Bertz CT molecular complexity index is 920. The molecule has 132 valence electrons. The number of pyridine rings is 1. The molecule has 0 saturated carbocycles. The second-order valence-corrected chi connectivity index (χ2v) is 5.50. The predicted molar refractivity (Wildman–Crippen MR) is 100 cm³/mol. The summed E-state index contributed by atoms with van der Waals surface area (Å²) in [4.78, 5) is 27.6. The molecule has 0 fully saturated rings. The molecule has 0 bridgehead atoms. The molecule has 3 amide bonds. The van der Waals surface area contributed by atoms with Crippen LogP contribution in [0.3, 0.4) is 0 Å². The molecule has 7 heteroatoms. The maximum Gasteiger partial charge on any atom is 0.411 e. The zero-order valence-electron chi connectivity index (χ0n) is 14.2. The molecule has 1 aromatic heterocycles. The van der Waals surface area contributed by atoms with Gasteiger partial charge < -0.3 is 15.4 Å². The van der Waals surface area contributed by atoms with Gasteiger partial charge >= 0.3 is 12.1 Å². The molecule has 0 radical (unpaired) electrons. The largest absolute Gasteiger partial charge is 0.453 e. The third kappa shape index (κ3) is 4.27. The molecule has 0 spiro atoms. The molecule has 0 saturated heterocycles. The Morgan fingerprint density at radius 1 is 1.00 bits per heavy atom. The van der Waals surface area contributed by atoms with Crippen LogP contribution in [0.2, 0.25) is 0 Å². The maximum atomic E-state index is 12.2. The van der Waals surface area contributed by atoms with E-state index in [9.17, 15) is 9.59 Å². The molecule has 0 aliphatic heterocycles. The molecular formula is C19H18N4O3. The molecule has 2 aromatic carbocycles. The minimum atomic E-state index is -0.529. The highest BCUT2D eigenvalue weighted by Gasteiger charge is 2.06. The van der Waals surface area contributed by atoms with Crippen molar-refractivity contribution >= 4 is 34.4 Å².